The quantitative estimate of drug-likeness (QED) is 0.759. The fourth-order valence-corrected chi connectivity index (χ4v) is 1.21. The highest BCUT2D eigenvalue weighted by atomic mass is 16.5. The van der Waals surface area contributed by atoms with E-state index in [1.54, 1.807) is 13.0 Å². The molecule has 1 aromatic rings. The van der Waals surface area contributed by atoms with E-state index in [4.69, 9.17) is 4.52 Å². The van der Waals surface area contributed by atoms with Gasteiger partial charge in [-0.2, -0.15) is 0 Å². The van der Waals surface area contributed by atoms with Crippen molar-refractivity contribution in [3.05, 3.63) is 17.5 Å². The molecule has 1 rings (SSSR count). The molecule has 0 aliphatic carbocycles. The van der Waals surface area contributed by atoms with Crippen LogP contribution in [0.1, 0.15) is 36.0 Å². The fourth-order valence-electron chi connectivity index (χ4n) is 1.21. The van der Waals surface area contributed by atoms with Crippen molar-refractivity contribution in [3.8, 4) is 0 Å². The van der Waals surface area contributed by atoms with Gasteiger partial charge in [-0.15, -0.1) is 0 Å². The van der Waals surface area contributed by atoms with Gasteiger partial charge in [-0.05, 0) is 13.3 Å². The molecule has 0 saturated carbocycles. The summed E-state index contributed by atoms with van der Waals surface area (Å²) >= 11 is 0. The van der Waals surface area contributed by atoms with Gasteiger partial charge in [0.15, 0.2) is 5.69 Å². The van der Waals surface area contributed by atoms with Gasteiger partial charge in [0.1, 0.15) is 5.76 Å². The first-order valence-corrected chi connectivity index (χ1v) is 5.03. The standard InChI is InChI=1S/C10H16N2O3/c1-3-4-8(13)6-11-10(14)9-5-7(2)15-12-9/h5,8,13H,3-4,6H2,1-2H3,(H,11,14). The molecule has 0 aliphatic rings. The molecular weight excluding hydrogens is 196 g/mol. The molecule has 84 valence electrons. The largest absolute Gasteiger partial charge is 0.391 e. The number of rotatable bonds is 5. The number of carbonyl (C=O) groups excluding carboxylic acids is 1. The third-order valence-electron chi connectivity index (χ3n) is 1.98. The van der Waals surface area contributed by atoms with Crippen LogP contribution in [0.25, 0.3) is 0 Å². The van der Waals surface area contributed by atoms with Crippen molar-refractivity contribution in [1.82, 2.24) is 10.5 Å². The molecule has 0 fully saturated rings. The van der Waals surface area contributed by atoms with E-state index in [0.717, 1.165) is 6.42 Å². The lowest BCUT2D eigenvalue weighted by Crippen LogP contribution is -2.32. The van der Waals surface area contributed by atoms with Crippen molar-refractivity contribution in [3.63, 3.8) is 0 Å². The Kier molecular flexibility index (Phi) is 4.30. The minimum atomic E-state index is -0.494. The molecule has 5 heteroatoms. The molecule has 1 atom stereocenters. The summed E-state index contributed by atoms with van der Waals surface area (Å²) in [6.45, 7) is 3.94. The van der Waals surface area contributed by atoms with Crippen LogP contribution in [0.2, 0.25) is 0 Å². The van der Waals surface area contributed by atoms with Crippen LogP contribution in [0, 0.1) is 6.92 Å². The van der Waals surface area contributed by atoms with Crippen molar-refractivity contribution >= 4 is 5.91 Å². The Morgan fingerprint density at radius 2 is 2.47 bits per heavy atom. The van der Waals surface area contributed by atoms with Crippen molar-refractivity contribution in [2.45, 2.75) is 32.8 Å². The lowest BCUT2D eigenvalue weighted by molar-refractivity contribution is 0.0901. The van der Waals surface area contributed by atoms with Crippen LogP contribution in [-0.2, 0) is 0 Å². The zero-order valence-corrected chi connectivity index (χ0v) is 8.99. The van der Waals surface area contributed by atoms with Crippen LogP contribution in [0.3, 0.4) is 0 Å². The zero-order chi connectivity index (χ0) is 11.3. The average molecular weight is 212 g/mol. The van der Waals surface area contributed by atoms with E-state index in [1.165, 1.54) is 0 Å². The number of nitrogens with one attached hydrogen (secondary N) is 1. The Bertz CT molecular complexity index is 322. The highest BCUT2D eigenvalue weighted by molar-refractivity contribution is 5.92. The van der Waals surface area contributed by atoms with Gasteiger partial charge in [0, 0.05) is 12.6 Å². The molecule has 0 aliphatic heterocycles. The number of carbonyl (C=O) groups is 1. The third kappa shape index (κ3) is 3.71. The highest BCUT2D eigenvalue weighted by Gasteiger charge is 2.11. The second-order valence-corrected chi connectivity index (χ2v) is 3.48. The van der Waals surface area contributed by atoms with Gasteiger partial charge in [0.25, 0.3) is 5.91 Å². The Labute approximate surface area is 88.5 Å². The molecular formula is C10H16N2O3. The molecule has 15 heavy (non-hydrogen) atoms. The summed E-state index contributed by atoms with van der Waals surface area (Å²) < 4.78 is 4.77. The number of aromatic nitrogens is 1. The first-order chi connectivity index (χ1) is 7.13. The maximum atomic E-state index is 11.4. The highest BCUT2D eigenvalue weighted by Crippen LogP contribution is 2.01. The van der Waals surface area contributed by atoms with E-state index in [2.05, 4.69) is 10.5 Å². The second kappa shape index (κ2) is 5.50. The second-order valence-electron chi connectivity index (χ2n) is 3.48. The first-order valence-electron chi connectivity index (χ1n) is 5.03. The lowest BCUT2D eigenvalue weighted by atomic mass is 10.2. The fraction of sp³-hybridized carbons (Fsp3) is 0.600. The Morgan fingerprint density at radius 3 is 3.00 bits per heavy atom. The minimum Gasteiger partial charge on any atom is -0.391 e. The van der Waals surface area contributed by atoms with Gasteiger partial charge in [0.05, 0.1) is 6.10 Å². The van der Waals surface area contributed by atoms with E-state index >= 15 is 0 Å². The smallest absolute Gasteiger partial charge is 0.273 e. The summed E-state index contributed by atoms with van der Waals surface area (Å²) in [4.78, 5) is 11.4. The SMILES string of the molecule is CCCC(O)CNC(=O)c1cc(C)on1. The van der Waals surface area contributed by atoms with Gasteiger partial charge < -0.3 is 14.9 Å². The number of nitrogens with zero attached hydrogens (tertiary/aromatic N) is 1. The van der Waals surface area contributed by atoms with Gasteiger partial charge in [-0.25, -0.2) is 0 Å². The average Bonchev–Trinajstić information content (AvgIpc) is 2.62. The third-order valence-corrected chi connectivity index (χ3v) is 1.98. The molecule has 0 radical (unpaired) electrons. The monoisotopic (exact) mass is 212 g/mol. The predicted octanol–water partition coefficient (Wildman–Crippen LogP) is 0.874. The molecule has 0 saturated heterocycles. The van der Waals surface area contributed by atoms with E-state index < -0.39 is 6.10 Å². The van der Waals surface area contributed by atoms with Crippen LogP contribution >= 0.6 is 0 Å². The summed E-state index contributed by atoms with van der Waals surface area (Å²) in [5.41, 5.74) is 0.246. The number of aliphatic hydroxyl groups is 1. The molecule has 1 aromatic heterocycles. The van der Waals surface area contributed by atoms with E-state index in [1.807, 2.05) is 6.92 Å². The molecule has 1 unspecified atom stereocenters. The first kappa shape index (κ1) is 11.7. The van der Waals surface area contributed by atoms with Crippen LogP contribution in [0.15, 0.2) is 10.6 Å². The summed E-state index contributed by atoms with van der Waals surface area (Å²) in [6, 6.07) is 1.56. The minimum absolute atomic E-state index is 0.246. The Hall–Kier alpha value is -1.36. The topological polar surface area (TPSA) is 75.4 Å². The van der Waals surface area contributed by atoms with Crippen LogP contribution in [-0.4, -0.2) is 28.8 Å². The van der Waals surface area contributed by atoms with Gasteiger partial charge in [-0.1, -0.05) is 18.5 Å². The number of aryl methyl sites for hydroxylation is 1. The van der Waals surface area contributed by atoms with Crippen LogP contribution in [0.5, 0.6) is 0 Å². The zero-order valence-electron chi connectivity index (χ0n) is 8.99. The van der Waals surface area contributed by atoms with Gasteiger partial charge >= 0.3 is 0 Å². The summed E-state index contributed by atoms with van der Waals surface area (Å²) in [5.74, 6) is 0.274. The van der Waals surface area contributed by atoms with Gasteiger partial charge in [-0.3, -0.25) is 4.79 Å². The van der Waals surface area contributed by atoms with Gasteiger partial charge in [0.2, 0.25) is 0 Å². The summed E-state index contributed by atoms with van der Waals surface area (Å²) in [7, 11) is 0. The molecule has 0 bridgehead atoms. The van der Waals surface area contributed by atoms with Crippen molar-refractivity contribution in [1.29, 1.82) is 0 Å². The predicted molar refractivity (Wildman–Crippen MR) is 54.5 cm³/mol. The molecule has 0 spiro atoms. The number of amides is 1. The Balaban J connectivity index is 2.36. The van der Waals surface area contributed by atoms with Crippen molar-refractivity contribution in [2.24, 2.45) is 0 Å². The maximum absolute atomic E-state index is 11.4. The molecule has 2 N–H and O–H groups in total. The van der Waals surface area contributed by atoms with Crippen LogP contribution in [0.4, 0.5) is 0 Å². The van der Waals surface area contributed by atoms with E-state index in [0.29, 0.717) is 12.2 Å². The van der Waals surface area contributed by atoms with Crippen molar-refractivity contribution in [2.75, 3.05) is 6.54 Å². The summed E-state index contributed by atoms with van der Waals surface area (Å²) in [5, 5.41) is 15.5. The van der Waals surface area contributed by atoms with Crippen molar-refractivity contribution < 1.29 is 14.4 Å². The molecule has 1 amide bonds. The number of hydrogen-bond donors (Lipinski definition) is 2. The summed E-state index contributed by atoms with van der Waals surface area (Å²) in [6.07, 6.45) is 1.07. The number of hydrogen-bond acceptors (Lipinski definition) is 4. The lowest BCUT2D eigenvalue weighted by Gasteiger charge is -2.09. The molecule has 1 heterocycles. The van der Waals surface area contributed by atoms with Crippen LogP contribution < -0.4 is 5.32 Å². The maximum Gasteiger partial charge on any atom is 0.273 e. The molecule has 0 aromatic carbocycles. The molecule has 5 nitrogen and oxygen atoms in total. The van der Waals surface area contributed by atoms with E-state index in [9.17, 15) is 9.90 Å². The number of aliphatic hydroxyl groups excluding tert-OH is 1. The van der Waals surface area contributed by atoms with E-state index in [-0.39, 0.29) is 18.1 Å². The normalized spacial score (nSPS) is 12.5. The Morgan fingerprint density at radius 1 is 1.73 bits per heavy atom.